The molecule has 114 valence electrons. The first-order valence-electron chi connectivity index (χ1n) is 5.73. The molecule has 0 bridgehead atoms. The van der Waals surface area contributed by atoms with Crippen LogP contribution in [0.1, 0.15) is 6.92 Å². The van der Waals surface area contributed by atoms with E-state index in [-0.39, 0.29) is 27.9 Å². The van der Waals surface area contributed by atoms with E-state index in [0.29, 0.717) is 6.54 Å². The van der Waals surface area contributed by atoms with Crippen LogP contribution in [0.25, 0.3) is 0 Å². The molecule has 0 saturated carbocycles. The van der Waals surface area contributed by atoms with Crippen LogP contribution in [0, 0.1) is 0 Å². The van der Waals surface area contributed by atoms with E-state index in [4.69, 9.17) is 11.6 Å². The van der Waals surface area contributed by atoms with Gasteiger partial charge in [0.15, 0.2) is 0 Å². The number of sulfonamides is 1. The van der Waals surface area contributed by atoms with Gasteiger partial charge in [0, 0.05) is 33.1 Å². The third-order valence-corrected chi connectivity index (χ3v) is 5.75. The molecule has 0 aliphatic rings. The average molecular weight is 342 g/mol. The molecular weight excluding hydrogens is 326 g/mol. The second-order valence-electron chi connectivity index (χ2n) is 3.67. The zero-order chi connectivity index (χ0) is 15.3. The van der Waals surface area contributed by atoms with Gasteiger partial charge in [-0.1, -0.05) is 11.3 Å². The van der Waals surface area contributed by atoms with Crippen LogP contribution in [-0.2, 0) is 10.0 Å². The molecule has 0 aliphatic carbocycles. The van der Waals surface area contributed by atoms with Crippen molar-refractivity contribution in [3.8, 4) is 0 Å². The molecule has 2 amide bonds. The van der Waals surface area contributed by atoms with Crippen LogP contribution in [-0.4, -0.2) is 62.0 Å². The minimum Gasteiger partial charge on any atom is -0.341 e. The first kappa shape index (κ1) is 17.1. The number of nitrogens with one attached hydrogen (secondary N) is 1. The Morgan fingerprint density at radius 2 is 2.10 bits per heavy atom. The summed E-state index contributed by atoms with van der Waals surface area (Å²) in [5, 5.41) is 10.1. The largest absolute Gasteiger partial charge is 0.341 e. The number of hydrogen-bond donors (Lipinski definition) is 1. The highest BCUT2D eigenvalue weighted by Crippen LogP contribution is 2.25. The van der Waals surface area contributed by atoms with Gasteiger partial charge in [-0.25, -0.2) is 13.2 Å². The van der Waals surface area contributed by atoms with E-state index in [1.54, 1.807) is 6.92 Å². The summed E-state index contributed by atoms with van der Waals surface area (Å²) in [5.41, 5.74) is 0. The van der Waals surface area contributed by atoms with E-state index in [1.165, 1.54) is 19.0 Å². The monoisotopic (exact) mass is 341 g/mol. The van der Waals surface area contributed by atoms with Crippen molar-refractivity contribution >= 4 is 44.1 Å². The Balaban J connectivity index is 3.05. The summed E-state index contributed by atoms with van der Waals surface area (Å²) in [5.74, 6) is 0.181. The first-order chi connectivity index (χ1) is 9.38. The fourth-order valence-corrected chi connectivity index (χ4v) is 4.05. The number of halogens is 1. The van der Waals surface area contributed by atoms with Crippen LogP contribution < -0.4 is 10.2 Å². The minimum absolute atomic E-state index is 0.164. The number of carbonyl (C=O) groups is 1. The zero-order valence-electron chi connectivity index (χ0n) is 11.3. The zero-order valence-corrected chi connectivity index (χ0v) is 13.7. The smallest absolute Gasteiger partial charge is 0.323 e. The number of amides is 2. The van der Waals surface area contributed by atoms with E-state index >= 15 is 0 Å². The molecule has 0 radical (unpaired) electrons. The topological polar surface area (TPSA) is 95.5 Å². The lowest BCUT2D eigenvalue weighted by atomic mass is 10.6. The first-order valence-corrected chi connectivity index (χ1v) is 8.52. The molecule has 0 fully saturated rings. The van der Waals surface area contributed by atoms with Gasteiger partial charge in [-0.05, 0) is 6.92 Å². The Morgan fingerprint density at radius 3 is 2.60 bits per heavy atom. The molecule has 8 nitrogen and oxygen atoms in total. The molecule has 1 heterocycles. The predicted molar refractivity (Wildman–Crippen MR) is 77.9 cm³/mol. The second-order valence-corrected chi connectivity index (χ2v) is 7.22. The van der Waals surface area contributed by atoms with Crippen molar-refractivity contribution in [3.05, 3.63) is 0 Å². The van der Waals surface area contributed by atoms with Crippen LogP contribution in [0.4, 0.5) is 9.93 Å². The Kier molecular flexibility index (Phi) is 6.11. The average Bonchev–Trinajstić information content (AvgIpc) is 2.89. The summed E-state index contributed by atoms with van der Waals surface area (Å²) >= 11 is 6.37. The molecule has 0 spiro atoms. The molecule has 1 N–H and O–H groups in total. The molecule has 0 aromatic carbocycles. The highest BCUT2D eigenvalue weighted by atomic mass is 35.5. The molecular formula is C9H16ClN5O3S2. The van der Waals surface area contributed by atoms with E-state index in [0.717, 1.165) is 15.6 Å². The SMILES string of the molecule is CCN(C(=O)NC)c1nnc(S(=O)(=O)N(C)CCCl)s1. The lowest BCUT2D eigenvalue weighted by molar-refractivity contribution is 0.248. The summed E-state index contributed by atoms with van der Waals surface area (Å²) in [6, 6.07) is -0.373. The van der Waals surface area contributed by atoms with E-state index in [9.17, 15) is 13.2 Å². The van der Waals surface area contributed by atoms with Gasteiger partial charge in [0.25, 0.3) is 10.0 Å². The Labute approximate surface area is 126 Å². The molecule has 0 saturated heterocycles. The molecule has 1 aromatic heterocycles. The maximum atomic E-state index is 12.1. The van der Waals surface area contributed by atoms with Gasteiger partial charge in [-0.2, -0.15) is 4.31 Å². The molecule has 20 heavy (non-hydrogen) atoms. The summed E-state index contributed by atoms with van der Waals surface area (Å²) in [6.45, 7) is 2.28. The highest BCUT2D eigenvalue weighted by molar-refractivity contribution is 7.91. The van der Waals surface area contributed by atoms with Gasteiger partial charge in [-0.15, -0.1) is 21.8 Å². The van der Waals surface area contributed by atoms with Crippen molar-refractivity contribution in [1.82, 2.24) is 19.8 Å². The molecule has 1 aromatic rings. The van der Waals surface area contributed by atoms with E-state index in [2.05, 4.69) is 15.5 Å². The van der Waals surface area contributed by atoms with Crippen molar-refractivity contribution in [2.75, 3.05) is 38.0 Å². The maximum absolute atomic E-state index is 12.1. The number of aromatic nitrogens is 2. The third-order valence-electron chi connectivity index (χ3n) is 2.43. The fraction of sp³-hybridized carbons (Fsp3) is 0.667. The number of alkyl halides is 1. The van der Waals surface area contributed by atoms with Gasteiger partial charge < -0.3 is 5.32 Å². The van der Waals surface area contributed by atoms with Gasteiger partial charge in [0.1, 0.15) is 0 Å². The lowest BCUT2D eigenvalue weighted by Gasteiger charge is -2.15. The van der Waals surface area contributed by atoms with Crippen molar-refractivity contribution < 1.29 is 13.2 Å². The summed E-state index contributed by atoms with van der Waals surface area (Å²) in [7, 11) is -0.823. The number of hydrogen-bond acceptors (Lipinski definition) is 6. The van der Waals surface area contributed by atoms with Crippen LogP contribution in [0.3, 0.4) is 0 Å². The second kappa shape index (κ2) is 7.16. The standard InChI is InChI=1S/C9H16ClN5O3S2/c1-4-15(7(16)11-2)8-12-13-9(19-8)20(17,18)14(3)6-5-10/h4-6H2,1-3H3,(H,11,16). The Morgan fingerprint density at radius 1 is 1.45 bits per heavy atom. The fourth-order valence-electron chi connectivity index (χ4n) is 1.29. The predicted octanol–water partition coefficient (Wildman–Crippen LogP) is 0.563. The van der Waals surface area contributed by atoms with Crippen molar-refractivity contribution in [2.24, 2.45) is 0 Å². The maximum Gasteiger partial charge on any atom is 0.323 e. The minimum atomic E-state index is -3.72. The molecule has 1 rings (SSSR count). The van der Waals surface area contributed by atoms with Gasteiger partial charge >= 0.3 is 6.03 Å². The quantitative estimate of drug-likeness (QED) is 0.602. The van der Waals surface area contributed by atoms with E-state index in [1.807, 2.05) is 0 Å². The van der Waals surface area contributed by atoms with Crippen LogP contribution in [0.5, 0.6) is 0 Å². The molecule has 0 atom stereocenters. The normalized spacial score (nSPS) is 11.7. The Bertz CT molecular complexity index is 562. The number of carbonyl (C=O) groups excluding carboxylic acids is 1. The van der Waals surface area contributed by atoms with Gasteiger partial charge in [-0.3, -0.25) is 4.90 Å². The molecule has 0 unspecified atom stereocenters. The molecule has 11 heteroatoms. The highest BCUT2D eigenvalue weighted by Gasteiger charge is 2.27. The number of urea groups is 1. The van der Waals surface area contributed by atoms with Crippen LogP contribution >= 0.6 is 22.9 Å². The number of nitrogens with zero attached hydrogens (tertiary/aromatic N) is 4. The van der Waals surface area contributed by atoms with E-state index < -0.39 is 10.0 Å². The lowest BCUT2D eigenvalue weighted by Crippen LogP contribution is -2.37. The van der Waals surface area contributed by atoms with Gasteiger partial charge in [0.05, 0.1) is 0 Å². The Hall–Kier alpha value is -0.970. The third kappa shape index (κ3) is 3.57. The number of rotatable bonds is 6. The van der Waals surface area contributed by atoms with Crippen LogP contribution in [0.15, 0.2) is 4.34 Å². The summed E-state index contributed by atoms with van der Waals surface area (Å²) < 4.78 is 25.2. The summed E-state index contributed by atoms with van der Waals surface area (Å²) in [4.78, 5) is 12.9. The number of anilines is 1. The van der Waals surface area contributed by atoms with Gasteiger partial charge in [0.2, 0.25) is 9.47 Å². The molecule has 0 aliphatic heterocycles. The van der Waals surface area contributed by atoms with Crippen molar-refractivity contribution in [2.45, 2.75) is 11.3 Å². The van der Waals surface area contributed by atoms with Crippen molar-refractivity contribution in [1.29, 1.82) is 0 Å². The summed E-state index contributed by atoms with van der Waals surface area (Å²) in [6.07, 6.45) is 0. The van der Waals surface area contributed by atoms with Crippen LogP contribution in [0.2, 0.25) is 0 Å². The van der Waals surface area contributed by atoms with Crippen molar-refractivity contribution in [3.63, 3.8) is 0 Å².